The van der Waals surface area contributed by atoms with Crippen molar-refractivity contribution in [2.24, 2.45) is 5.92 Å². The summed E-state index contributed by atoms with van der Waals surface area (Å²) in [6.45, 7) is -0.285. The molecule has 2 bridgehead atoms. The maximum atomic E-state index is 12.6. The van der Waals surface area contributed by atoms with Gasteiger partial charge in [0.15, 0.2) is 0 Å². The third-order valence-corrected chi connectivity index (χ3v) is 5.33. The summed E-state index contributed by atoms with van der Waals surface area (Å²) in [5.41, 5.74) is 2.30. The molecule has 2 fully saturated rings. The number of halogens is 2. The van der Waals surface area contributed by atoms with E-state index in [0.717, 1.165) is 24.8 Å². The zero-order chi connectivity index (χ0) is 16.9. The van der Waals surface area contributed by atoms with Crippen LogP contribution >= 0.6 is 15.9 Å². The lowest BCUT2D eigenvalue weighted by molar-refractivity contribution is -0.151. The second kappa shape index (κ2) is 8.26. The van der Waals surface area contributed by atoms with Crippen LogP contribution in [0.1, 0.15) is 42.7 Å². The van der Waals surface area contributed by atoms with Crippen LogP contribution < -0.4 is 5.32 Å². The zero-order valence-corrected chi connectivity index (χ0v) is 15.2. The van der Waals surface area contributed by atoms with Crippen molar-refractivity contribution in [1.82, 2.24) is 5.32 Å². The summed E-state index contributed by atoms with van der Waals surface area (Å²) in [7, 11) is 0. The van der Waals surface area contributed by atoms with Gasteiger partial charge in [-0.25, -0.2) is 0 Å². The predicted octanol–water partition coefficient (Wildman–Crippen LogP) is 4.18. The van der Waals surface area contributed by atoms with Crippen LogP contribution in [0, 0.1) is 5.92 Å². The molecule has 0 spiro atoms. The molecule has 0 unspecified atom stereocenters. The van der Waals surface area contributed by atoms with Crippen molar-refractivity contribution in [3.05, 3.63) is 40.4 Å². The van der Waals surface area contributed by atoms with Crippen molar-refractivity contribution >= 4 is 28.0 Å². The molecule has 130 valence electrons. The van der Waals surface area contributed by atoms with Crippen LogP contribution in [0.3, 0.4) is 0 Å². The highest BCUT2D eigenvalue weighted by atomic mass is 79.9. The highest BCUT2D eigenvalue weighted by Gasteiger charge is 2.46. The van der Waals surface area contributed by atoms with Crippen LogP contribution in [0.25, 0.3) is 6.08 Å². The lowest BCUT2D eigenvalue weighted by Gasteiger charge is -2.36. The van der Waals surface area contributed by atoms with Gasteiger partial charge in [0.25, 0.3) is 0 Å². The average molecular weight is 396 g/mol. The van der Waals surface area contributed by atoms with Gasteiger partial charge in [0.05, 0.1) is 19.2 Å². The van der Waals surface area contributed by atoms with Crippen LogP contribution in [-0.2, 0) is 9.53 Å². The van der Waals surface area contributed by atoms with Crippen molar-refractivity contribution in [2.75, 3.05) is 13.3 Å². The maximum Gasteiger partial charge on any atom is 0.311 e. The molecule has 0 aliphatic carbocycles. The van der Waals surface area contributed by atoms with E-state index in [0.29, 0.717) is 6.04 Å². The standard InChI is InChI=1S/C19H23BrFNO2/c20-8-7-13-3-1-4-14(11-13)16-12-15-5-6-17(22-15)18(16)19(23)24-10-2-9-21/h1,3-4,7-8,11,15-18,22H,2,5-6,9-10,12H2/b8-7+/t15-,16+,17+,18-/m0/s1. The van der Waals surface area contributed by atoms with Gasteiger partial charge in [0.2, 0.25) is 0 Å². The first kappa shape index (κ1) is 17.6. The Bertz CT molecular complexity index is 607. The Labute approximate surface area is 150 Å². The van der Waals surface area contributed by atoms with Gasteiger partial charge >= 0.3 is 5.97 Å². The van der Waals surface area contributed by atoms with Crippen molar-refractivity contribution in [3.8, 4) is 0 Å². The minimum absolute atomic E-state index is 0.158. The largest absolute Gasteiger partial charge is 0.465 e. The van der Waals surface area contributed by atoms with E-state index in [1.165, 1.54) is 5.56 Å². The summed E-state index contributed by atoms with van der Waals surface area (Å²) in [6, 6.07) is 8.98. The van der Waals surface area contributed by atoms with Gasteiger partial charge in [-0.15, -0.1) is 0 Å². The van der Waals surface area contributed by atoms with Crippen LogP contribution in [0.2, 0.25) is 0 Å². The van der Waals surface area contributed by atoms with Gasteiger partial charge in [-0.1, -0.05) is 40.2 Å². The summed E-state index contributed by atoms with van der Waals surface area (Å²) >= 11 is 3.31. The molecule has 5 heteroatoms. The molecule has 2 aliphatic heterocycles. The summed E-state index contributed by atoms with van der Waals surface area (Å²) in [5.74, 6) is -0.218. The van der Waals surface area contributed by atoms with E-state index in [1.807, 2.05) is 23.2 Å². The Morgan fingerprint density at radius 3 is 3.08 bits per heavy atom. The molecule has 0 radical (unpaired) electrons. The quantitative estimate of drug-likeness (QED) is 0.579. The topological polar surface area (TPSA) is 38.3 Å². The Kier molecular flexibility index (Phi) is 6.06. The van der Waals surface area contributed by atoms with E-state index < -0.39 is 6.67 Å². The minimum Gasteiger partial charge on any atom is -0.465 e. The summed E-state index contributed by atoms with van der Waals surface area (Å²) in [5, 5.41) is 3.55. The van der Waals surface area contributed by atoms with Crippen LogP contribution in [0.5, 0.6) is 0 Å². The smallest absolute Gasteiger partial charge is 0.311 e. The second-order valence-corrected chi connectivity index (χ2v) is 7.12. The van der Waals surface area contributed by atoms with Crippen molar-refractivity contribution in [1.29, 1.82) is 0 Å². The number of nitrogens with one attached hydrogen (secondary N) is 1. The number of hydrogen-bond acceptors (Lipinski definition) is 3. The molecule has 1 N–H and O–H groups in total. The average Bonchev–Trinajstić information content (AvgIpc) is 2.96. The van der Waals surface area contributed by atoms with E-state index >= 15 is 0 Å². The van der Waals surface area contributed by atoms with E-state index in [1.54, 1.807) is 0 Å². The second-order valence-electron chi connectivity index (χ2n) is 6.59. The molecule has 2 aliphatic rings. The third kappa shape index (κ3) is 3.89. The van der Waals surface area contributed by atoms with Crippen LogP contribution in [-0.4, -0.2) is 31.3 Å². The fourth-order valence-electron chi connectivity index (χ4n) is 4.01. The Morgan fingerprint density at radius 2 is 2.29 bits per heavy atom. The zero-order valence-electron chi connectivity index (χ0n) is 13.6. The highest BCUT2D eigenvalue weighted by molar-refractivity contribution is 9.11. The highest BCUT2D eigenvalue weighted by Crippen LogP contribution is 2.42. The number of hydrogen-bond donors (Lipinski definition) is 1. The molecule has 0 amide bonds. The minimum atomic E-state index is -0.452. The molecule has 2 saturated heterocycles. The molecule has 3 nitrogen and oxygen atoms in total. The van der Waals surface area contributed by atoms with Gasteiger partial charge in [0.1, 0.15) is 0 Å². The molecule has 0 saturated carbocycles. The summed E-state index contributed by atoms with van der Waals surface area (Å²) in [4.78, 5) is 14.5. The first-order chi connectivity index (χ1) is 11.7. The molecule has 24 heavy (non-hydrogen) atoms. The Morgan fingerprint density at radius 1 is 1.42 bits per heavy atom. The van der Waals surface area contributed by atoms with E-state index in [4.69, 9.17) is 4.74 Å². The lowest BCUT2D eigenvalue weighted by atomic mass is 9.76. The third-order valence-electron chi connectivity index (χ3n) is 5.07. The summed E-state index contributed by atoms with van der Waals surface area (Å²) in [6.07, 6.45) is 5.32. The monoisotopic (exact) mass is 395 g/mol. The summed E-state index contributed by atoms with van der Waals surface area (Å²) < 4.78 is 17.6. The number of alkyl halides is 1. The number of esters is 1. The van der Waals surface area contributed by atoms with E-state index in [-0.39, 0.29) is 36.9 Å². The molecule has 0 aromatic heterocycles. The van der Waals surface area contributed by atoms with Crippen LogP contribution in [0.15, 0.2) is 29.3 Å². The van der Waals surface area contributed by atoms with Gasteiger partial charge in [-0.2, -0.15) is 0 Å². The van der Waals surface area contributed by atoms with E-state index in [9.17, 15) is 9.18 Å². The van der Waals surface area contributed by atoms with E-state index in [2.05, 4.69) is 33.4 Å². The molecule has 2 heterocycles. The number of benzene rings is 1. The number of carbonyl (C=O) groups excluding carboxylic acids is 1. The number of ether oxygens (including phenoxy) is 1. The Hall–Kier alpha value is -1.20. The molecule has 3 rings (SSSR count). The predicted molar refractivity (Wildman–Crippen MR) is 96.7 cm³/mol. The molecule has 1 aromatic rings. The van der Waals surface area contributed by atoms with Crippen molar-refractivity contribution in [2.45, 2.75) is 43.7 Å². The lowest BCUT2D eigenvalue weighted by Crippen LogP contribution is -2.48. The van der Waals surface area contributed by atoms with Gasteiger partial charge < -0.3 is 10.1 Å². The first-order valence-corrected chi connectivity index (χ1v) is 9.50. The van der Waals surface area contributed by atoms with Gasteiger partial charge in [-0.05, 0) is 41.5 Å². The maximum absolute atomic E-state index is 12.6. The number of rotatable bonds is 6. The normalized spacial score (nSPS) is 29.1. The van der Waals surface area contributed by atoms with Crippen molar-refractivity contribution < 1.29 is 13.9 Å². The SMILES string of the molecule is O=C(OCCCF)[C@H]1[C@@H](c2cccc(/C=C/Br)c2)C[C@@H]2CC[C@H]1N2. The molecular formula is C19H23BrFNO2. The fourth-order valence-corrected chi connectivity index (χ4v) is 4.32. The van der Waals surface area contributed by atoms with Crippen molar-refractivity contribution in [3.63, 3.8) is 0 Å². The Balaban J connectivity index is 1.83. The van der Waals surface area contributed by atoms with Crippen LogP contribution in [0.4, 0.5) is 4.39 Å². The molecule has 1 aromatic carbocycles. The molecule has 4 atom stereocenters. The van der Waals surface area contributed by atoms with Gasteiger partial charge in [0, 0.05) is 24.4 Å². The first-order valence-electron chi connectivity index (χ1n) is 8.58. The number of fused-ring (bicyclic) bond motifs is 2. The molecular weight excluding hydrogens is 373 g/mol. The van der Waals surface area contributed by atoms with Gasteiger partial charge in [-0.3, -0.25) is 9.18 Å². The fraction of sp³-hybridized carbons (Fsp3) is 0.526. The number of carbonyl (C=O) groups is 1. The number of piperidine rings is 1.